The summed E-state index contributed by atoms with van der Waals surface area (Å²) in [6.07, 6.45) is 1.64. The number of aryl methyl sites for hydroxylation is 1. The standard InChI is InChI=1S/C31H35N5O5S2.ClH/c1-40-26-13-14-27-28(29(26)41-2)33-31(42-27)35-20-18-34(19-21-35)17-15-32-30(37)23-9-11-24(12-10-23)43(38,39)36-16-5-7-22-6-3-4-8-25(22)36;/h3-4,6,8-14H,5,7,15-21H2,1-2H3,(H,32,37);1H. The number of piperazine rings is 1. The summed E-state index contributed by atoms with van der Waals surface area (Å²) in [6, 6.07) is 17.7. The Morgan fingerprint density at radius 1 is 0.955 bits per heavy atom. The molecule has 3 heterocycles. The third-order valence-corrected chi connectivity index (χ3v) is 10.9. The fourth-order valence-electron chi connectivity index (χ4n) is 5.68. The van der Waals surface area contributed by atoms with Crippen LogP contribution in [0.4, 0.5) is 10.8 Å². The predicted molar refractivity (Wildman–Crippen MR) is 177 cm³/mol. The molecule has 2 aliphatic heterocycles. The maximum atomic E-state index is 13.4. The first kappa shape index (κ1) is 31.8. The summed E-state index contributed by atoms with van der Waals surface area (Å²) in [5, 5.41) is 3.94. The lowest BCUT2D eigenvalue weighted by Crippen LogP contribution is -2.48. The number of carbonyl (C=O) groups excluding carboxylic acids is 1. The number of sulfonamides is 1. The van der Waals surface area contributed by atoms with Gasteiger partial charge in [-0.3, -0.25) is 14.0 Å². The molecule has 0 saturated carbocycles. The molecule has 13 heteroatoms. The first-order valence-electron chi connectivity index (χ1n) is 14.4. The molecular formula is C31H36ClN5O5S2. The Bertz CT molecular complexity index is 1720. The van der Waals surface area contributed by atoms with Gasteiger partial charge in [0.05, 0.1) is 29.5 Å². The van der Waals surface area contributed by atoms with E-state index in [2.05, 4.69) is 15.1 Å². The average Bonchev–Trinajstić information content (AvgIpc) is 3.49. The van der Waals surface area contributed by atoms with Crippen molar-refractivity contribution in [3.05, 3.63) is 71.8 Å². The molecule has 1 fully saturated rings. The van der Waals surface area contributed by atoms with Crippen molar-refractivity contribution in [3.63, 3.8) is 0 Å². The van der Waals surface area contributed by atoms with Crippen molar-refractivity contribution in [2.75, 3.05) is 69.2 Å². The molecule has 0 atom stereocenters. The lowest BCUT2D eigenvalue weighted by molar-refractivity contribution is 0.0947. The van der Waals surface area contributed by atoms with Gasteiger partial charge in [0.2, 0.25) is 0 Å². The third kappa shape index (κ3) is 6.30. The summed E-state index contributed by atoms with van der Waals surface area (Å²) in [6.45, 7) is 5.07. The molecule has 10 nitrogen and oxygen atoms in total. The number of methoxy groups -OCH3 is 2. The molecular weight excluding hydrogens is 622 g/mol. The monoisotopic (exact) mass is 657 g/mol. The van der Waals surface area contributed by atoms with Crippen molar-refractivity contribution in [3.8, 4) is 11.5 Å². The number of aromatic nitrogens is 1. The van der Waals surface area contributed by atoms with Crippen LogP contribution < -0.4 is 24.0 Å². The Morgan fingerprint density at radius 3 is 2.43 bits per heavy atom. The number of nitrogens with zero attached hydrogens (tertiary/aromatic N) is 4. The molecule has 234 valence electrons. The number of para-hydroxylation sites is 1. The number of rotatable bonds is 9. The van der Waals surface area contributed by atoms with Crippen LogP contribution in [0.25, 0.3) is 10.2 Å². The van der Waals surface area contributed by atoms with Crippen LogP contribution in [0.1, 0.15) is 22.3 Å². The molecule has 1 amide bonds. The van der Waals surface area contributed by atoms with Gasteiger partial charge in [-0.15, -0.1) is 12.4 Å². The van der Waals surface area contributed by atoms with Crippen LogP contribution >= 0.6 is 23.7 Å². The fourth-order valence-corrected chi connectivity index (χ4v) is 8.24. The van der Waals surface area contributed by atoms with Crippen molar-refractivity contribution >= 4 is 60.7 Å². The zero-order valence-corrected chi connectivity index (χ0v) is 27.1. The van der Waals surface area contributed by atoms with E-state index >= 15 is 0 Å². The first-order valence-corrected chi connectivity index (χ1v) is 16.6. The molecule has 2 aliphatic rings. The van der Waals surface area contributed by atoms with Crippen LogP contribution in [0.3, 0.4) is 0 Å². The Hall–Kier alpha value is -3.58. The summed E-state index contributed by atoms with van der Waals surface area (Å²) in [5.41, 5.74) is 3.02. The minimum Gasteiger partial charge on any atom is -0.493 e. The van der Waals surface area contributed by atoms with Gasteiger partial charge in [0.1, 0.15) is 5.52 Å². The molecule has 0 unspecified atom stereocenters. The lowest BCUT2D eigenvalue weighted by atomic mass is 10.0. The van der Waals surface area contributed by atoms with Gasteiger partial charge in [-0.2, -0.15) is 0 Å². The van der Waals surface area contributed by atoms with Crippen LogP contribution in [0.15, 0.2) is 65.6 Å². The molecule has 0 bridgehead atoms. The fraction of sp³-hybridized carbons (Fsp3) is 0.355. The van der Waals surface area contributed by atoms with E-state index in [4.69, 9.17) is 14.5 Å². The lowest BCUT2D eigenvalue weighted by Gasteiger charge is -2.34. The minimum atomic E-state index is -3.71. The van der Waals surface area contributed by atoms with E-state index < -0.39 is 10.0 Å². The SMILES string of the molecule is COc1ccc2sc(N3CCN(CCNC(=O)c4ccc(S(=O)(=O)N5CCCc6ccccc65)cc4)CC3)nc2c1OC.Cl. The molecule has 1 N–H and O–H groups in total. The van der Waals surface area contributed by atoms with E-state index in [1.807, 2.05) is 36.4 Å². The van der Waals surface area contributed by atoms with E-state index in [0.29, 0.717) is 30.2 Å². The zero-order chi connectivity index (χ0) is 30.0. The number of thiazole rings is 1. The Balaban J connectivity index is 0.00000384. The second-order valence-corrected chi connectivity index (χ2v) is 13.4. The Labute approximate surface area is 268 Å². The number of ether oxygens (including phenoxy) is 2. The van der Waals surface area contributed by atoms with Crippen molar-refractivity contribution in [2.24, 2.45) is 0 Å². The number of nitrogens with one attached hydrogen (secondary N) is 1. The number of hydrogen-bond acceptors (Lipinski definition) is 9. The Kier molecular flexibility index (Phi) is 9.84. The molecule has 0 spiro atoms. The third-order valence-electron chi connectivity index (χ3n) is 8.02. The number of hydrogen-bond donors (Lipinski definition) is 1. The highest BCUT2D eigenvalue weighted by Gasteiger charge is 2.29. The van der Waals surface area contributed by atoms with Crippen molar-refractivity contribution in [1.82, 2.24) is 15.2 Å². The quantitative estimate of drug-likeness (QED) is 0.282. The molecule has 44 heavy (non-hydrogen) atoms. The normalized spacial score (nSPS) is 15.4. The molecule has 1 saturated heterocycles. The van der Waals surface area contributed by atoms with Gasteiger partial charge in [-0.05, 0) is 60.9 Å². The minimum absolute atomic E-state index is 0. The van der Waals surface area contributed by atoms with Gasteiger partial charge >= 0.3 is 0 Å². The van der Waals surface area contributed by atoms with E-state index in [0.717, 1.165) is 72.2 Å². The molecule has 6 rings (SSSR count). The topological polar surface area (TPSA) is 104 Å². The molecule has 1 aromatic heterocycles. The number of amides is 1. The number of benzene rings is 3. The van der Waals surface area contributed by atoms with Crippen molar-refractivity contribution in [2.45, 2.75) is 17.7 Å². The van der Waals surface area contributed by atoms with Crippen LogP contribution in [0, 0.1) is 0 Å². The Morgan fingerprint density at radius 2 is 1.70 bits per heavy atom. The van der Waals surface area contributed by atoms with E-state index in [9.17, 15) is 13.2 Å². The number of halogens is 1. The average molecular weight is 658 g/mol. The highest BCUT2D eigenvalue weighted by atomic mass is 35.5. The molecule has 0 radical (unpaired) electrons. The summed E-state index contributed by atoms with van der Waals surface area (Å²) in [5.74, 6) is 1.11. The van der Waals surface area contributed by atoms with Crippen LogP contribution in [0.5, 0.6) is 11.5 Å². The smallest absolute Gasteiger partial charge is 0.264 e. The summed E-state index contributed by atoms with van der Waals surface area (Å²) in [4.78, 5) is 22.4. The number of anilines is 2. The van der Waals surface area contributed by atoms with Gasteiger partial charge in [0.25, 0.3) is 15.9 Å². The number of fused-ring (bicyclic) bond motifs is 2. The molecule has 0 aliphatic carbocycles. The molecule has 3 aromatic carbocycles. The van der Waals surface area contributed by atoms with E-state index in [1.54, 1.807) is 37.7 Å². The maximum Gasteiger partial charge on any atom is 0.264 e. The van der Waals surface area contributed by atoms with Crippen LogP contribution in [-0.2, 0) is 16.4 Å². The number of carbonyl (C=O) groups is 1. The van der Waals surface area contributed by atoms with Crippen molar-refractivity contribution < 1.29 is 22.7 Å². The summed E-state index contributed by atoms with van der Waals surface area (Å²) < 4.78 is 40.3. The second-order valence-electron chi connectivity index (χ2n) is 10.6. The second kappa shape index (κ2) is 13.6. The van der Waals surface area contributed by atoms with Gasteiger partial charge in [0.15, 0.2) is 16.6 Å². The predicted octanol–water partition coefficient (Wildman–Crippen LogP) is 4.43. The summed E-state index contributed by atoms with van der Waals surface area (Å²) in [7, 11) is -0.463. The highest BCUT2D eigenvalue weighted by molar-refractivity contribution is 7.92. The van der Waals surface area contributed by atoms with Crippen LogP contribution in [0.2, 0.25) is 0 Å². The largest absolute Gasteiger partial charge is 0.493 e. The highest BCUT2D eigenvalue weighted by Crippen LogP contribution is 2.40. The zero-order valence-electron chi connectivity index (χ0n) is 24.7. The van der Waals surface area contributed by atoms with Gasteiger partial charge in [0, 0.05) is 51.4 Å². The van der Waals surface area contributed by atoms with Gasteiger partial charge in [-0.25, -0.2) is 13.4 Å². The molecule has 4 aromatic rings. The van der Waals surface area contributed by atoms with Gasteiger partial charge < -0.3 is 19.7 Å². The van der Waals surface area contributed by atoms with E-state index in [-0.39, 0.29) is 23.2 Å². The van der Waals surface area contributed by atoms with Crippen LogP contribution in [-0.4, -0.2) is 84.2 Å². The van der Waals surface area contributed by atoms with E-state index in [1.165, 1.54) is 16.4 Å². The maximum absolute atomic E-state index is 13.4. The van der Waals surface area contributed by atoms with Crippen molar-refractivity contribution in [1.29, 1.82) is 0 Å². The first-order chi connectivity index (χ1) is 20.9. The van der Waals surface area contributed by atoms with Gasteiger partial charge in [-0.1, -0.05) is 29.5 Å². The summed E-state index contributed by atoms with van der Waals surface area (Å²) >= 11 is 1.64.